The predicted octanol–water partition coefficient (Wildman–Crippen LogP) is 3.02. The lowest BCUT2D eigenvalue weighted by Gasteiger charge is -2.22. The van der Waals surface area contributed by atoms with Crippen molar-refractivity contribution in [2.75, 3.05) is 19.6 Å². The quantitative estimate of drug-likeness (QED) is 0.895. The number of carbonyl (C=O) groups is 1. The van der Waals surface area contributed by atoms with Crippen molar-refractivity contribution < 1.29 is 9.18 Å². The van der Waals surface area contributed by atoms with Crippen molar-refractivity contribution in [3.63, 3.8) is 0 Å². The van der Waals surface area contributed by atoms with Gasteiger partial charge in [-0.2, -0.15) is 0 Å². The zero-order valence-corrected chi connectivity index (χ0v) is 12.7. The summed E-state index contributed by atoms with van der Waals surface area (Å²) in [6.07, 6.45) is 3.36. The van der Waals surface area contributed by atoms with Crippen LogP contribution in [-0.2, 0) is 0 Å². The van der Waals surface area contributed by atoms with Crippen LogP contribution in [0.3, 0.4) is 0 Å². The maximum Gasteiger partial charge on any atom is 0.251 e. The van der Waals surface area contributed by atoms with Crippen LogP contribution in [0.4, 0.5) is 4.39 Å². The Morgan fingerprint density at radius 2 is 2.30 bits per heavy atom. The van der Waals surface area contributed by atoms with Crippen LogP contribution in [0, 0.1) is 11.7 Å². The Kier molecular flexibility index (Phi) is 7.27. The second kappa shape index (κ2) is 8.45. The van der Waals surface area contributed by atoms with E-state index in [4.69, 9.17) is 11.6 Å². The van der Waals surface area contributed by atoms with Crippen molar-refractivity contribution in [3.05, 3.63) is 34.6 Å². The van der Waals surface area contributed by atoms with Gasteiger partial charge < -0.3 is 10.6 Å². The Morgan fingerprint density at radius 3 is 2.95 bits per heavy atom. The molecule has 112 valence electrons. The second-order valence-corrected chi connectivity index (χ2v) is 5.29. The number of piperidine rings is 1. The van der Waals surface area contributed by atoms with Crippen molar-refractivity contribution in [1.29, 1.82) is 0 Å². The van der Waals surface area contributed by atoms with E-state index in [1.54, 1.807) is 0 Å². The fraction of sp³-hybridized carbons (Fsp3) is 0.500. The highest BCUT2D eigenvalue weighted by atomic mass is 35.5. The molecule has 1 atom stereocenters. The molecule has 0 radical (unpaired) electrons. The van der Waals surface area contributed by atoms with Crippen LogP contribution in [0.2, 0.25) is 5.02 Å². The maximum absolute atomic E-state index is 13.2. The Bertz CT molecular complexity index is 451. The highest BCUT2D eigenvalue weighted by Gasteiger charge is 2.13. The van der Waals surface area contributed by atoms with Crippen LogP contribution >= 0.6 is 24.0 Å². The Labute approximate surface area is 129 Å². The van der Waals surface area contributed by atoms with Crippen molar-refractivity contribution in [3.8, 4) is 0 Å². The SMILES string of the molecule is Cl.O=C(NCCC1CCCNC1)c1ccc(Cl)c(F)c1. The first-order valence-corrected chi connectivity index (χ1v) is 6.98. The molecule has 3 nitrogen and oxygen atoms in total. The van der Waals surface area contributed by atoms with Gasteiger partial charge in [0.2, 0.25) is 0 Å². The third kappa shape index (κ3) is 4.93. The molecule has 0 saturated carbocycles. The van der Waals surface area contributed by atoms with Gasteiger partial charge in [-0.15, -0.1) is 12.4 Å². The van der Waals surface area contributed by atoms with Gasteiger partial charge in [0.1, 0.15) is 5.82 Å². The number of rotatable bonds is 4. The number of carbonyl (C=O) groups excluding carboxylic acids is 1. The van der Waals surface area contributed by atoms with Crippen molar-refractivity contribution in [2.45, 2.75) is 19.3 Å². The minimum atomic E-state index is -0.564. The van der Waals surface area contributed by atoms with E-state index in [9.17, 15) is 9.18 Å². The standard InChI is InChI=1S/C14H18ClFN2O.ClH/c15-12-4-3-11(8-13(12)16)14(19)18-7-5-10-2-1-6-17-9-10;/h3-4,8,10,17H,1-2,5-7,9H2,(H,18,19);1H. The Balaban J connectivity index is 0.00000200. The molecule has 0 aliphatic carbocycles. The number of hydrogen-bond acceptors (Lipinski definition) is 2. The predicted molar refractivity (Wildman–Crippen MR) is 81.2 cm³/mol. The smallest absolute Gasteiger partial charge is 0.251 e. The minimum absolute atomic E-state index is 0. The molecule has 1 aliphatic heterocycles. The van der Waals surface area contributed by atoms with Gasteiger partial charge in [-0.3, -0.25) is 4.79 Å². The van der Waals surface area contributed by atoms with Crippen LogP contribution in [0.15, 0.2) is 18.2 Å². The van der Waals surface area contributed by atoms with Crippen molar-refractivity contribution in [1.82, 2.24) is 10.6 Å². The summed E-state index contributed by atoms with van der Waals surface area (Å²) >= 11 is 5.58. The van der Waals surface area contributed by atoms with E-state index < -0.39 is 5.82 Å². The van der Waals surface area contributed by atoms with E-state index in [1.165, 1.54) is 31.0 Å². The summed E-state index contributed by atoms with van der Waals surface area (Å²) in [6, 6.07) is 4.10. The lowest BCUT2D eigenvalue weighted by atomic mass is 9.96. The van der Waals surface area contributed by atoms with E-state index in [0.717, 1.165) is 19.5 Å². The van der Waals surface area contributed by atoms with Crippen LogP contribution in [-0.4, -0.2) is 25.5 Å². The topological polar surface area (TPSA) is 41.1 Å². The van der Waals surface area contributed by atoms with Gasteiger partial charge in [-0.25, -0.2) is 4.39 Å². The minimum Gasteiger partial charge on any atom is -0.352 e. The summed E-state index contributed by atoms with van der Waals surface area (Å²) in [5.74, 6) is -0.193. The number of halogens is 3. The van der Waals surface area contributed by atoms with Gasteiger partial charge >= 0.3 is 0 Å². The summed E-state index contributed by atoms with van der Waals surface area (Å²) in [4.78, 5) is 11.8. The van der Waals surface area contributed by atoms with Crippen LogP contribution in [0.1, 0.15) is 29.6 Å². The summed E-state index contributed by atoms with van der Waals surface area (Å²) in [7, 11) is 0. The number of amides is 1. The van der Waals surface area contributed by atoms with E-state index >= 15 is 0 Å². The zero-order chi connectivity index (χ0) is 13.7. The number of benzene rings is 1. The molecule has 1 aromatic rings. The molecule has 1 aliphatic rings. The lowest BCUT2D eigenvalue weighted by molar-refractivity contribution is 0.0950. The van der Waals surface area contributed by atoms with Gasteiger partial charge in [0.05, 0.1) is 5.02 Å². The highest BCUT2D eigenvalue weighted by molar-refractivity contribution is 6.30. The molecule has 2 rings (SSSR count). The molecule has 1 heterocycles. The molecule has 1 aromatic carbocycles. The van der Waals surface area contributed by atoms with Crippen LogP contribution in [0.25, 0.3) is 0 Å². The first-order chi connectivity index (χ1) is 9.16. The fourth-order valence-electron chi connectivity index (χ4n) is 2.30. The number of nitrogens with one attached hydrogen (secondary N) is 2. The Morgan fingerprint density at radius 1 is 1.50 bits per heavy atom. The normalized spacial score (nSPS) is 18.2. The highest BCUT2D eigenvalue weighted by Crippen LogP contribution is 2.16. The van der Waals surface area contributed by atoms with Crippen molar-refractivity contribution in [2.24, 2.45) is 5.92 Å². The monoisotopic (exact) mass is 320 g/mol. The molecule has 2 N–H and O–H groups in total. The molecule has 0 spiro atoms. The van der Waals surface area contributed by atoms with Crippen LogP contribution in [0.5, 0.6) is 0 Å². The summed E-state index contributed by atoms with van der Waals surface area (Å²) in [6.45, 7) is 2.73. The van der Waals surface area contributed by atoms with E-state index in [2.05, 4.69) is 10.6 Å². The van der Waals surface area contributed by atoms with Gasteiger partial charge in [0.25, 0.3) is 5.91 Å². The third-order valence-electron chi connectivity index (χ3n) is 3.42. The van der Waals surface area contributed by atoms with E-state index in [0.29, 0.717) is 18.0 Å². The second-order valence-electron chi connectivity index (χ2n) is 4.89. The zero-order valence-electron chi connectivity index (χ0n) is 11.1. The summed E-state index contributed by atoms with van der Waals surface area (Å²) < 4.78 is 13.2. The third-order valence-corrected chi connectivity index (χ3v) is 3.73. The lowest BCUT2D eigenvalue weighted by Crippen LogP contribution is -2.33. The number of hydrogen-bond donors (Lipinski definition) is 2. The maximum atomic E-state index is 13.2. The molecule has 1 saturated heterocycles. The molecule has 1 amide bonds. The molecular weight excluding hydrogens is 302 g/mol. The summed E-state index contributed by atoms with van der Waals surface area (Å²) in [5, 5.41) is 6.19. The molecule has 20 heavy (non-hydrogen) atoms. The largest absolute Gasteiger partial charge is 0.352 e. The Hall–Kier alpha value is -0.840. The van der Waals surface area contributed by atoms with Crippen molar-refractivity contribution >= 4 is 29.9 Å². The van der Waals surface area contributed by atoms with Crippen LogP contribution < -0.4 is 10.6 Å². The van der Waals surface area contributed by atoms with E-state index in [-0.39, 0.29) is 23.3 Å². The average Bonchev–Trinajstić information content (AvgIpc) is 2.43. The fourth-order valence-corrected chi connectivity index (χ4v) is 2.42. The molecule has 0 aromatic heterocycles. The van der Waals surface area contributed by atoms with Gasteiger partial charge in [-0.05, 0) is 56.5 Å². The molecule has 0 bridgehead atoms. The summed E-state index contributed by atoms with van der Waals surface area (Å²) in [5.41, 5.74) is 0.309. The van der Waals surface area contributed by atoms with E-state index in [1.807, 2.05) is 0 Å². The molecule has 6 heteroatoms. The molecule has 1 fully saturated rings. The van der Waals surface area contributed by atoms with Gasteiger partial charge in [-0.1, -0.05) is 11.6 Å². The molecular formula is C14H19Cl2FN2O. The van der Waals surface area contributed by atoms with Gasteiger partial charge in [0.15, 0.2) is 0 Å². The molecule has 1 unspecified atom stereocenters. The first kappa shape index (κ1) is 17.2. The van der Waals surface area contributed by atoms with Gasteiger partial charge in [0, 0.05) is 12.1 Å². The first-order valence-electron chi connectivity index (χ1n) is 6.61. The average molecular weight is 321 g/mol.